The Labute approximate surface area is 163 Å². The summed E-state index contributed by atoms with van der Waals surface area (Å²) in [5.41, 5.74) is 0.728. The molecule has 27 heavy (non-hydrogen) atoms. The zero-order chi connectivity index (χ0) is 19.4. The maximum Gasteiger partial charge on any atom is 0.262 e. The summed E-state index contributed by atoms with van der Waals surface area (Å²) in [6.07, 6.45) is 1.72. The van der Waals surface area contributed by atoms with Crippen LogP contribution in [-0.2, 0) is 18.7 Å². The number of para-hydroxylation sites is 1. The molecular weight excluding hydrogens is 360 g/mol. The van der Waals surface area contributed by atoms with Gasteiger partial charge >= 0.3 is 0 Å². The van der Waals surface area contributed by atoms with E-state index in [4.69, 9.17) is 9.51 Å². The number of benzene rings is 1. The van der Waals surface area contributed by atoms with Crippen molar-refractivity contribution in [2.75, 3.05) is 0 Å². The molecule has 2 heterocycles. The quantitative estimate of drug-likeness (QED) is 0.424. The first-order chi connectivity index (χ1) is 12.9. The van der Waals surface area contributed by atoms with Crippen LogP contribution in [0.2, 0.25) is 0 Å². The highest BCUT2D eigenvalue weighted by atomic mass is 32.2. The van der Waals surface area contributed by atoms with Crippen LogP contribution in [0.1, 0.15) is 45.8 Å². The van der Waals surface area contributed by atoms with Gasteiger partial charge in [0.15, 0.2) is 11.0 Å². The predicted octanol–water partition coefficient (Wildman–Crippen LogP) is 4.32. The maximum absolute atomic E-state index is 13.0. The van der Waals surface area contributed by atoms with Crippen molar-refractivity contribution in [1.82, 2.24) is 19.7 Å². The molecule has 1 aromatic carbocycles. The van der Waals surface area contributed by atoms with E-state index >= 15 is 0 Å². The number of fused-ring (bicyclic) bond motifs is 1. The summed E-state index contributed by atoms with van der Waals surface area (Å²) in [5.74, 6) is 2.78. The maximum atomic E-state index is 13.0. The summed E-state index contributed by atoms with van der Waals surface area (Å²) in [5, 5.41) is 5.38. The van der Waals surface area contributed by atoms with Gasteiger partial charge in [0.25, 0.3) is 5.56 Å². The van der Waals surface area contributed by atoms with Crippen LogP contribution in [0.5, 0.6) is 0 Å². The number of aromatic nitrogens is 4. The third-order valence-corrected chi connectivity index (χ3v) is 5.14. The van der Waals surface area contributed by atoms with E-state index in [9.17, 15) is 4.79 Å². The average Bonchev–Trinajstić information content (AvgIpc) is 3.06. The van der Waals surface area contributed by atoms with Crippen molar-refractivity contribution < 1.29 is 4.52 Å². The van der Waals surface area contributed by atoms with E-state index in [1.165, 1.54) is 11.8 Å². The number of rotatable bonds is 8. The van der Waals surface area contributed by atoms with E-state index in [1.807, 2.05) is 24.3 Å². The Bertz CT molecular complexity index is 962. The highest BCUT2D eigenvalue weighted by Gasteiger charge is 2.14. The average molecular weight is 387 g/mol. The predicted molar refractivity (Wildman–Crippen MR) is 108 cm³/mol. The Kier molecular flexibility index (Phi) is 6.31. The van der Waals surface area contributed by atoms with Crippen molar-refractivity contribution >= 4 is 22.7 Å². The molecule has 0 saturated heterocycles. The van der Waals surface area contributed by atoms with Crippen LogP contribution in [-0.4, -0.2) is 19.7 Å². The Balaban J connectivity index is 1.86. The van der Waals surface area contributed by atoms with Crippen molar-refractivity contribution in [3.8, 4) is 0 Å². The van der Waals surface area contributed by atoms with Crippen LogP contribution in [0.3, 0.4) is 0 Å². The monoisotopic (exact) mass is 386 g/mol. The molecule has 7 heteroatoms. The Morgan fingerprint density at radius 1 is 1.11 bits per heavy atom. The first-order valence-electron chi connectivity index (χ1n) is 9.38. The number of hydrogen-bond acceptors (Lipinski definition) is 6. The van der Waals surface area contributed by atoms with Gasteiger partial charge in [-0.25, -0.2) is 4.98 Å². The number of nitrogens with zero attached hydrogens (tertiary/aromatic N) is 4. The summed E-state index contributed by atoms with van der Waals surface area (Å²) >= 11 is 1.47. The van der Waals surface area contributed by atoms with E-state index in [0.29, 0.717) is 40.6 Å². The van der Waals surface area contributed by atoms with Crippen molar-refractivity contribution in [2.24, 2.45) is 11.8 Å². The highest BCUT2D eigenvalue weighted by molar-refractivity contribution is 7.98. The Morgan fingerprint density at radius 3 is 2.63 bits per heavy atom. The fraction of sp³-hybridized carbons (Fsp3) is 0.500. The zero-order valence-corrected chi connectivity index (χ0v) is 17.1. The van der Waals surface area contributed by atoms with E-state index in [0.717, 1.165) is 24.2 Å². The molecule has 0 unspecified atom stereocenters. The minimum atomic E-state index is 0.00905. The lowest BCUT2D eigenvalue weighted by atomic mass is 10.1. The summed E-state index contributed by atoms with van der Waals surface area (Å²) < 4.78 is 7.12. The molecule has 0 bridgehead atoms. The topological polar surface area (TPSA) is 73.8 Å². The van der Waals surface area contributed by atoms with Gasteiger partial charge in [0, 0.05) is 13.0 Å². The zero-order valence-electron chi connectivity index (χ0n) is 16.3. The third kappa shape index (κ3) is 4.97. The summed E-state index contributed by atoms with van der Waals surface area (Å²) in [6, 6.07) is 7.49. The third-order valence-electron chi connectivity index (χ3n) is 4.18. The van der Waals surface area contributed by atoms with Gasteiger partial charge in [0.1, 0.15) is 0 Å². The molecule has 0 fully saturated rings. The Morgan fingerprint density at radius 2 is 1.89 bits per heavy atom. The van der Waals surface area contributed by atoms with Crippen LogP contribution in [0.4, 0.5) is 0 Å². The van der Waals surface area contributed by atoms with E-state index in [-0.39, 0.29) is 5.56 Å². The first-order valence-corrected chi connectivity index (χ1v) is 10.4. The van der Waals surface area contributed by atoms with Gasteiger partial charge in [-0.15, -0.1) is 0 Å². The molecule has 144 valence electrons. The second-order valence-electron chi connectivity index (χ2n) is 7.54. The fourth-order valence-electron chi connectivity index (χ4n) is 2.77. The van der Waals surface area contributed by atoms with Gasteiger partial charge in [0.2, 0.25) is 5.89 Å². The van der Waals surface area contributed by atoms with Crippen LogP contribution in [0, 0.1) is 11.8 Å². The molecule has 3 rings (SSSR count). The molecule has 0 aliphatic carbocycles. The highest BCUT2D eigenvalue weighted by Crippen LogP contribution is 2.22. The summed E-state index contributed by atoms with van der Waals surface area (Å²) in [6.45, 7) is 9.20. The minimum Gasteiger partial charge on any atom is -0.338 e. The van der Waals surface area contributed by atoms with Crippen molar-refractivity contribution in [3.05, 3.63) is 46.3 Å². The largest absolute Gasteiger partial charge is 0.338 e. The molecule has 0 aliphatic rings. The van der Waals surface area contributed by atoms with Crippen LogP contribution in [0.25, 0.3) is 10.9 Å². The summed E-state index contributed by atoms with van der Waals surface area (Å²) in [4.78, 5) is 22.1. The van der Waals surface area contributed by atoms with Crippen molar-refractivity contribution in [2.45, 2.75) is 58.0 Å². The smallest absolute Gasteiger partial charge is 0.262 e. The standard InChI is InChI=1S/C20H26N4O2S/c1-13(2)9-10-24-19(25)15-7-5-6-8-16(15)21-20(24)27-12-18-22-17(23-26-18)11-14(3)4/h5-8,13-14H,9-12H2,1-4H3. The number of hydrogen-bond donors (Lipinski definition) is 0. The van der Waals surface area contributed by atoms with Crippen LogP contribution in [0.15, 0.2) is 38.7 Å². The normalized spacial score (nSPS) is 11.8. The molecule has 6 nitrogen and oxygen atoms in total. The second kappa shape index (κ2) is 8.69. The molecule has 0 spiro atoms. The number of thioether (sulfide) groups is 1. The lowest BCUT2D eigenvalue weighted by Crippen LogP contribution is -2.24. The van der Waals surface area contributed by atoms with E-state index < -0.39 is 0 Å². The SMILES string of the molecule is CC(C)CCn1c(SCc2nc(CC(C)C)no2)nc2ccccc2c1=O. The molecule has 0 amide bonds. The van der Waals surface area contributed by atoms with Crippen molar-refractivity contribution in [1.29, 1.82) is 0 Å². The van der Waals surface area contributed by atoms with Gasteiger partial charge in [-0.1, -0.05) is 56.7 Å². The lowest BCUT2D eigenvalue weighted by molar-refractivity contribution is 0.382. The van der Waals surface area contributed by atoms with Gasteiger partial charge < -0.3 is 4.52 Å². The molecule has 0 N–H and O–H groups in total. The van der Waals surface area contributed by atoms with Gasteiger partial charge in [0.05, 0.1) is 16.7 Å². The Hall–Kier alpha value is -2.15. The van der Waals surface area contributed by atoms with Gasteiger partial charge in [-0.3, -0.25) is 9.36 Å². The lowest BCUT2D eigenvalue weighted by Gasteiger charge is -2.13. The molecular formula is C20H26N4O2S. The molecule has 0 atom stereocenters. The van der Waals surface area contributed by atoms with Crippen LogP contribution < -0.4 is 5.56 Å². The first kappa shape index (κ1) is 19.6. The molecule has 2 aromatic heterocycles. The van der Waals surface area contributed by atoms with E-state index in [2.05, 4.69) is 37.8 Å². The second-order valence-corrected chi connectivity index (χ2v) is 8.48. The molecule has 0 saturated carbocycles. The van der Waals surface area contributed by atoms with Crippen molar-refractivity contribution in [3.63, 3.8) is 0 Å². The van der Waals surface area contributed by atoms with E-state index in [1.54, 1.807) is 4.57 Å². The molecule has 0 aliphatic heterocycles. The summed E-state index contributed by atoms with van der Waals surface area (Å²) in [7, 11) is 0. The van der Waals surface area contributed by atoms with Gasteiger partial charge in [-0.05, 0) is 30.4 Å². The molecule has 0 radical (unpaired) electrons. The fourth-order valence-corrected chi connectivity index (χ4v) is 3.63. The minimum absolute atomic E-state index is 0.00905. The molecule has 3 aromatic rings. The van der Waals surface area contributed by atoms with Gasteiger partial charge in [-0.2, -0.15) is 4.98 Å². The van der Waals surface area contributed by atoms with Crippen LogP contribution >= 0.6 is 11.8 Å².